The van der Waals surface area contributed by atoms with Crippen LogP contribution in [-0.4, -0.2) is 39.9 Å². The molecule has 6 nitrogen and oxygen atoms in total. The van der Waals surface area contributed by atoms with Gasteiger partial charge in [0, 0.05) is 18.7 Å². The second-order valence-corrected chi connectivity index (χ2v) is 6.22. The lowest BCUT2D eigenvalue weighted by Gasteiger charge is -2.08. The first-order valence-corrected chi connectivity index (χ1v) is 8.79. The van der Waals surface area contributed by atoms with Gasteiger partial charge in [0.1, 0.15) is 0 Å². The molecular formula is C20H20N4O2. The Labute approximate surface area is 151 Å². The lowest BCUT2D eigenvalue weighted by molar-refractivity contribution is 0.0849. The minimum Gasteiger partial charge on any atom is -0.376 e. The summed E-state index contributed by atoms with van der Waals surface area (Å²) in [7, 11) is 0. The van der Waals surface area contributed by atoms with E-state index in [0.717, 1.165) is 30.7 Å². The summed E-state index contributed by atoms with van der Waals surface area (Å²) in [5.74, 6) is 0.511. The summed E-state index contributed by atoms with van der Waals surface area (Å²) in [6, 6.07) is 19.4. The maximum absolute atomic E-state index is 12.5. The van der Waals surface area contributed by atoms with E-state index >= 15 is 0 Å². The van der Waals surface area contributed by atoms with E-state index in [1.807, 2.05) is 60.7 Å². The van der Waals surface area contributed by atoms with Crippen molar-refractivity contribution >= 4 is 5.91 Å². The molecule has 1 amide bonds. The van der Waals surface area contributed by atoms with Gasteiger partial charge in [-0.05, 0) is 25.0 Å². The first-order valence-electron chi connectivity index (χ1n) is 8.79. The van der Waals surface area contributed by atoms with Gasteiger partial charge in [0.05, 0.1) is 11.8 Å². The van der Waals surface area contributed by atoms with E-state index < -0.39 is 0 Å². The van der Waals surface area contributed by atoms with E-state index in [9.17, 15) is 4.79 Å². The molecule has 3 aromatic rings. The number of carbonyl (C=O) groups excluding carboxylic acids is 1. The molecule has 26 heavy (non-hydrogen) atoms. The molecule has 1 aromatic heterocycles. The van der Waals surface area contributed by atoms with E-state index in [2.05, 4.69) is 15.4 Å². The molecule has 2 heterocycles. The Bertz CT molecular complexity index is 814. The van der Waals surface area contributed by atoms with Crippen molar-refractivity contribution in [1.82, 2.24) is 20.1 Å². The standard InChI is InChI=1S/C20H20N4O2/c25-20(21-14-17-12-7-13-26-17)18-22-19(15-8-3-1-4-9-15)24(23-18)16-10-5-2-6-11-16/h1-6,8-11,17H,7,12-14H2,(H,21,25). The quantitative estimate of drug-likeness (QED) is 0.770. The van der Waals surface area contributed by atoms with Crippen molar-refractivity contribution in [2.24, 2.45) is 0 Å². The summed E-state index contributed by atoms with van der Waals surface area (Å²) in [5.41, 5.74) is 1.76. The van der Waals surface area contributed by atoms with Crippen molar-refractivity contribution in [3.05, 3.63) is 66.5 Å². The third kappa shape index (κ3) is 3.50. The van der Waals surface area contributed by atoms with E-state index in [1.165, 1.54) is 0 Å². The molecule has 1 atom stereocenters. The first kappa shape index (κ1) is 16.5. The van der Waals surface area contributed by atoms with Gasteiger partial charge in [-0.3, -0.25) is 4.79 Å². The minimum atomic E-state index is -0.285. The topological polar surface area (TPSA) is 69.0 Å². The van der Waals surface area contributed by atoms with Crippen molar-refractivity contribution in [2.75, 3.05) is 13.2 Å². The normalized spacial score (nSPS) is 16.5. The van der Waals surface area contributed by atoms with Crippen molar-refractivity contribution < 1.29 is 9.53 Å². The predicted molar refractivity (Wildman–Crippen MR) is 98.1 cm³/mol. The van der Waals surface area contributed by atoms with Crippen LogP contribution in [-0.2, 0) is 4.74 Å². The monoisotopic (exact) mass is 348 g/mol. The number of ether oxygens (including phenoxy) is 1. The van der Waals surface area contributed by atoms with Crippen LogP contribution in [0.25, 0.3) is 17.1 Å². The molecule has 1 saturated heterocycles. The van der Waals surface area contributed by atoms with Crippen LogP contribution in [0.1, 0.15) is 23.5 Å². The molecule has 2 aromatic carbocycles. The minimum absolute atomic E-state index is 0.0868. The highest BCUT2D eigenvalue weighted by atomic mass is 16.5. The highest BCUT2D eigenvalue weighted by Gasteiger charge is 2.21. The van der Waals surface area contributed by atoms with E-state index in [0.29, 0.717) is 12.4 Å². The number of para-hydroxylation sites is 1. The molecule has 1 aliphatic heterocycles. The third-order valence-corrected chi connectivity index (χ3v) is 4.36. The Morgan fingerprint density at radius 3 is 2.54 bits per heavy atom. The van der Waals surface area contributed by atoms with Gasteiger partial charge in [0.2, 0.25) is 5.82 Å². The largest absolute Gasteiger partial charge is 0.376 e. The van der Waals surface area contributed by atoms with Gasteiger partial charge in [-0.1, -0.05) is 48.5 Å². The summed E-state index contributed by atoms with van der Waals surface area (Å²) >= 11 is 0. The molecule has 1 fully saturated rings. The summed E-state index contributed by atoms with van der Waals surface area (Å²) < 4.78 is 7.25. The summed E-state index contributed by atoms with van der Waals surface area (Å²) in [6.45, 7) is 1.25. The van der Waals surface area contributed by atoms with Crippen molar-refractivity contribution in [1.29, 1.82) is 0 Å². The van der Waals surface area contributed by atoms with E-state index in [-0.39, 0.29) is 17.8 Å². The van der Waals surface area contributed by atoms with Crippen molar-refractivity contribution in [3.63, 3.8) is 0 Å². The van der Waals surface area contributed by atoms with Gasteiger partial charge in [-0.25, -0.2) is 9.67 Å². The predicted octanol–water partition coefficient (Wildman–Crippen LogP) is 2.84. The molecule has 6 heteroatoms. The molecule has 0 aliphatic carbocycles. The third-order valence-electron chi connectivity index (χ3n) is 4.36. The maximum atomic E-state index is 12.5. The zero-order valence-electron chi connectivity index (χ0n) is 14.3. The van der Waals surface area contributed by atoms with Crippen LogP contribution < -0.4 is 5.32 Å². The number of aromatic nitrogens is 3. The highest BCUT2D eigenvalue weighted by molar-refractivity contribution is 5.91. The Kier molecular flexibility index (Phi) is 4.75. The SMILES string of the molecule is O=C(NCC1CCCO1)c1nc(-c2ccccc2)n(-c2ccccc2)n1. The molecule has 0 radical (unpaired) electrons. The molecule has 132 valence electrons. The fourth-order valence-corrected chi connectivity index (χ4v) is 3.02. The van der Waals surface area contributed by atoms with Gasteiger partial charge in [0.25, 0.3) is 5.91 Å². The van der Waals surface area contributed by atoms with Gasteiger partial charge < -0.3 is 10.1 Å². The van der Waals surface area contributed by atoms with Crippen LogP contribution in [0.3, 0.4) is 0 Å². The summed E-state index contributed by atoms with van der Waals surface area (Å²) in [5, 5.41) is 7.34. The zero-order valence-corrected chi connectivity index (χ0v) is 14.3. The van der Waals surface area contributed by atoms with Gasteiger partial charge in [-0.15, -0.1) is 5.10 Å². The molecule has 4 rings (SSSR count). The molecular weight excluding hydrogens is 328 g/mol. The van der Waals surface area contributed by atoms with Crippen molar-refractivity contribution in [2.45, 2.75) is 18.9 Å². The molecule has 0 spiro atoms. The van der Waals surface area contributed by atoms with Crippen molar-refractivity contribution in [3.8, 4) is 17.1 Å². The number of nitrogens with one attached hydrogen (secondary N) is 1. The average molecular weight is 348 g/mol. The number of carbonyl (C=O) groups is 1. The zero-order chi connectivity index (χ0) is 17.8. The van der Waals surface area contributed by atoms with Crippen LogP contribution in [0.2, 0.25) is 0 Å². The van der Waals surface area contributed by atoms with E-state index in [1.54, 1.807) is 4.68 Å². The van der Waals surface area contributed by atoms with Crippen LogP contribution >= 0.6 is 0 Å². The lowest BCUT2D eigenvalue weighted by Crippen LogP contribution is -2.32. The number of benzene rings is 2. The molecule has 0 bridgehead atoms. The van der Waals surface area contributed by atoms with Gasteiger partial charge in [0.15, 0.2) is 5.82 Å². The molecule has 1 aliphatic rings. The number of hydrogen-bond donors (Lipinski definition) is 1. The molecule has 1 N–H and O–H groups in total. The number of nitrogens with zero attached hydrogens (tertiary/aromatic N) is 3. The van der Waals surface area contributed by atoms with Crippen LogP contribution in [0.5, 0.6) is 0 Å². The average Bonchev–Trinajstić information content (AvgIpc) is 3.37. The molecule has 0 saturated carbocycles. The smallest absolute Gasteiger partial charge is 0.291 e. The Balaban J connectivity index is 1.63. The van der Waals surface area contributed by atoms with Crippen LogP contribution in [0.4, 0.5) is 0 Å². The molecule has 1 unspecified atom stereocenters. The highest BCUT2D eigenvalue weighted by Crippen LogP contribution is 2.21. The fourth-order valence-electron chi connectivity index (χ4n) is 3.02. The lowest BCUT2D eigenvalue weighted by atomic mass is 10.2. The van der Waals surface area contributed by atoms with E-state index in [4.69, 9.17) is 4.74 Å². The Morgan fingerprint density at radius 1 is 1.12 bits per heavy atom. The fraction of sp³-hybridized carbons (Fsp3) is 0.250. The number of rotatable bonds is 5. The van der Waals surface area contributed by atoms with Crippen LogP contribution in [0, 0.1) is 0 Å². The number of hydrogen-bond acceptors (Lipinski definition) is 4. The Hall–Kier alpha value is -2.99. The second kappa shape index (κ2) is 7.49. The summed E-state index contributed by atoms with van der Waals surface area (Å²) in [6.07, 6.45) is 2.10. The van der Waals surface area contributed by atoms with Gasteiger partial charge in [-0.2, -0.15) is 0 Å². The Morgan fingerprint density at radius 2 is 1.85 bits per heavy atom. The van der Waals surface area contributed by atoms with Gasteiger partial charge >= 0.3 is 0 Å². The first-order chi connectivity index (χ1) is 12.8. The number of amides is 1. The maximum Gasteiger partial charge on any atom is 0.291 e. The second-order valence-electron chi connectivity index (χ2n) is 6.22. The van der Waals surface area contributed by atoms with Crippen LogP contribution in [0.15, 0.2) is 60.7 Å². The summed E-state index contributed by atoms with van der Waals surface area (Å²) in [4.78, 5) is 17.0.